The first-order valence-corrected chi connectivity index (χ1v) is 11.7. The van der Waals surface area contributed by atoms with Crippen LogP contribution in [0.15, 0.2) is 54.9 Å². The predicted octanol–water partition coefficient (Wildman–Crippen LogP) is 4.13. The van der Waals surface area contributed by atoms with Gasteiger partial charge in [0.2, 0.25) is 0 Å². The molecule has 1 saturated carbocycles. The topological polar surface area (TPSA) is 97.0 Å². The van der Waals surface area contributed by atoms with Crippen LogP contribution in [0.5, 0.6) is 0 Å². The van der Waals surface area contributed by atoms with E-state index in [1.807, 2.05) is 50.5 Å². The second-order valence-corrected chi connectivity index (χ2v) is 9.50. The third kappa shape index (κ3) is 3.40. The second kappa shape index (κ2) is 7.99. The minimum Gasteiger partial charge on any atom is -0.390 e. The number of nitrogens with zero attached hydrogens (tertiary/aromatic N) is 4. The van der Waals surface area contributed by atoms with Gasteiger partial charge in [0, 0.05) is 29.8 Å². The van der Waals surface area contributed by atoms with E-state index in [2.05, 4.69) is 15.7 Å². The number of hydrogen-bond acceptors (Lipinski definition) is 4. The van der Waals surface area contributed by atoms with Gasteiger partial charge in [-0.3, -0.25) is 10.00 Å². The van der Waals surface area contributed by atoms with Crippen molar-refractivity contribution in [1.82, 2.24) is 24.9 Å². The first-order valence-electron chi connectivity index (χ1n) is 11.7. The van der Waals surface area contributed by atoms with Crippen LogP contribution in [0.4, 0.5) is 19.4 Å². The monoisotopic (exact) mass is 490 g/mol. The van der Waals surface area contributed by atoms with Crippen LogP contribution in [0, 0.1) is 18.6 Å². The lowest BCUT2D eigenvalue weighted by Gasteiger charge is -2.21. The van der Waals surface area contributed by atoms with Gasteiger partial charge in [0.1, 0.15) is 11.5 Å². The minimum atomic E-state index is -1.01. The van der Waals surface area contributed by atoms with E-state index in [0.717, 1.165) is 28.9 Å². The molecule has 0 saturated heterocycles. The van der Waals surface area contributed by atoms with E-state index in [1.165, 1.54) is 0 Å². The third-order valence-electron chi connectivity index (χ3n) is 7.25. The van der Waals surface area contributed by atoms with E-state index in [-0.39, 0.29) is 0 Å². The molecule has 36 heavy (non-hydrogen) atoms. The van der Waals surface area contributed by atoms with E-state index in [4.69, 9.17) is 5.10 Å². The highest BCUT2D eigenvalue weighted by Crippen LogP contribution is 2.60. The molecule has 10 heteroatoms. The Bertz CT molecular complexity index is 1490. The standard InChI is InChI=1S/C26H24F2N6O2/c1-14-21(15-12-29-33(2)13-15)32-34(16-6-4-3-5-7-16)24(14)31-25(36)30-22-17-10-19(27)20(28)11-18(17)26(8-9-26)23(22)35/h3-7,10-13,22-23,35H,8-9H2,1-2H3,(H2,30,31,36)/t22?,23-/m1/s1. The van der Waals surface area contributed by atoms with Crippen molar-refractivity contribution in [1.29, 1.82) is 0 Å². The molecular weight excluding hydrogens is 466 g/mol. The van der Waals surface area contributed by atoms with Gasteiger partial charge in [-0.1, -0.05) is 18.2 Å². The summed E-state index contributed by atoms with van der Waals surface area (Å²) < 4.78 is 31.4. The molecule has 4 aromatic rings. The molecule has 1 fully saturated rings. The number of aromatic nitrogens is 4. The summed E-state index contributed by atoms with van der Waals surface area (Å²) in [7, 11) is 1.81. The number of fused-ring (bicyclic) bond motifs is 2. The summed E-state index contributed by atoms with van der Waals surface area (Å²) in [5.41, 5.74) is 3.23. The van der Waals surface area contributed by atoms with Crippen LogP contribution >= 0.6 is 0 Å². The van der Waals surface area contributed by atoms with Crippen molar-refractivity contribution in [2.45, 2.75) is 37.3 Å². The molecule has 2 aliphatic rings. The van der Waals surface area contributed by atoms with Gasteiger partial charge in [-0.05, 0) is 55.2 Å². The Hall–Kier alpha value is -4.05. The van der Waals surface area contributed by atoms with E-state index < -0.39 is 35.2 Å². The number of carbonyl (C=O) groups is 1. The number of halogens is 2. The fourth-order valence-corrected chi connectivity index (χ4v) is 5.26. The highest BCUT2D eigenvalue weighted by atomic mass is 19.2. The summed E-state index contributed by atoms with van der Waals surface area (Å²) in [5, 5.41) is 25.6. The SMILES string of the molecule is Cc1c(-c2cnn(C)c2)nn(-c2ccccc2)c1NC(=O)NC1c2cc(F)c(F)cc2C2(CC2)[C@@H]1O. The van der Waals surface area contributed by atoms with Gasteiger partial charge in [0.15, 0.2) is 11.6 Å². The van der Waals surface area contributed by atoms with Crippen LogP contribution in [0.2, 0.25) is 0 Å². The molecular formula is C26H24F2N6O2. The molecule has 0 aliphatic heterocycles. The number of anilines is 1. The number of carbonyl (C=O) groups excluding carboxylic acids is 1. The van der Waals surface area contributed by atoms with E-state index in [1.54, 1.807) is 15.6 Å². The average Bonchev–Trinajstić information content (AvgIpc) is 3.41. The smallest absolute Gasteiger partial charge is 0.320 e. The largest absolute Gasteiger partial charge is 0.390 e. The number of aliphatic hydroxyl groups is 1. The fourth-order valence-electron chi connectivity index (χ4n) is 5.26. The van der Waals surface area contributed by atoms with Crippen molar-refractivity contribution < 1.29 is 18.7 Å². The van der Waals surface area contributed by atoms with Gasteiger partial charge >= 0.3 is 6.03 Å². The normalized spacial score (nSPS) is 19.4. The molecule has 2 aromatic heterocycles. The Labute approximate surface area is 205 Å². The Balaban J connectivity index is 1.34. The lowest BCUT2D eigenvalue weighted by molar-refractivity contribution is 0.109. The number of hydrogen-bond donors (Lipinski definition) is 3. The highest BCUT2D eigenvalue weighted by Gasteiger charge is 2.59. The van der Waals surface area contributed by atoms with Crippen molar-refractivity contribution in [3.05, 3.63) is 83.2 Å². The number of aryl methyl sites for hydroxylation is 1. The van der Waals surface area contributed by atoms with Crippen LogP contribution in [-0.2, 0) is 12.5 Å². The van der Waals surface area contributed by atoms with Gasteiger partial charge in [0.05, 0.1) is 24.0 Å². The number of urea groups is 1. The van der Waals surface area contributed by atoms with Crippen LogP contribution in [0.1, 0.15) is 35.6 Å². The van der Waals surface area contributed by atoms with Crippen molar-refractivity contribution in [3.8, 4) is 16.9 Å². The van der Waals surface area contributed by atoms with Gasteiger partial charge in [-0.2, -0.15) is 10.2 Å². The molecule has 2 aliphatic carbocycles. The number of nitrogens with one attached hydrogen (secondary N) is 2. The molecule has 2 heterocycles. The maximum Gasteiger partial charge on any atom is 0.320 e. The zero-order valence-electron chi connectivity index (χ0n) is 19.7. The van der Waals surface area contributed by atoms with E-state index >= 15 is 0 Å². The lowest BCUT2D eigenvalue weighted by Crippen LogP contribution is -2.39. The number of aliphatic hydroxyl groups excluding tert-OH is 1. The fraction of sp³-hybridized carbons (Fsp3) is 0.269. The van der Waals surface area contributed by atoms with Crippen molar-refractivity contribution >= 4 is 11.8 Å². The Kier molecular flexibility index (Phi) is 4.97. The zero-order chi connectivity index (χ0) is 25.2. The molecule has 1 unspecified atom stereocenters. The van der Waals surface area contributed by atoms with Gasteiger partial charge in [-0.25, -0.2) is 18.3 Å². The van der Waals surface area contributed by atoms with Crippen LogP contribution in [-0.4, -0.2) is 36.8 Å². The van der Waals surface area contributed by atoms with E-state index in [9.17, 15) is 18.7 Å². The molecule has 8 nitrogen and oxygen atoms in total. The Morgan fingerprint density at radius 1 is 1.17 bits per heavy atom. The molecule has 0 radical (unpaired) electrons. The van der Waals surface area contributed by atoms with Crippen molar-refractivity contribution in [2.75, 3.05) is 5.32 Å². The summed E-state index contributed by atoms with van der Waals surface area (Å²) >= 11 is 0. The first kappa shape index (κ1) is 22.4. The Morgan fingerprint density at radius 2 is 1.89 bits per heavy atom. The molecule has 184 valence electrons. The van der Waals surface area contributed by atoms with Crippen molar-refractivity contribution in [2.24, 2.45) is 7.05 Å². The summed E-state index contributed by atoms with van der Waals surface area (Å²) in [6.45, 7) is 1.85. The quantitative estimate of drug-likeness (QED) is 0.401. The lowest BCUT2D eigenvalue weighted by atomic mass is 9.96. The number of benzene rings is 2. The van der Waals surface area contributed by atoms with Gasteiger partial charge in [-0.15, -0.1) is 0 Å². The maximum absolute atomic E-state index is 14.1. The van der Waals surface area contributed by atoms with Crippen LogP contribution in [0.3, 0.4) is 0 Å². The summed E-state index contributed by atoms with van der Waals surface area (Å²) in [6, 6.07) is 10.1. The third-order valence-corrected chi connectivity index (χ3v) is 7.25. The molecule has 2 atom stereocenters. The highest BCUT2D eigenvalue weighted by molar-refractivity contribution is 5.91. The molecule has 1 spiro atoms. The average molecular weight is 491 g/mol. The second-order valence-electron chi connectivity index (χ2n) is 9.50. The zero-order valence-corrected chi connectivity index (χ0v) is 19.7. The molecule has 2 aromatic carbocycles. The maximum atomic E-state index is 14.1. The summed E-state index contributed by atoms with van der Waals surface area (Å²) in [6.07, 6.45) is 3.86. The number of para-hydroxylation sites is 1. The van der Waals surface area contributed by atoms with Crippen molar-refractivity contribution in [3.63, 3.8) is 0 Å². The molecule has 2 amide bonds. The van der Waals surface area contributed by atoms with Crippen LogP contribution in [0.25, 0.3) is 16.9 Å². The predicted molar refractivity (Wildman–Crippen MR) is 129 cm³/mol. The molecule has 3 N–H and O–H groups in total. The molecule has 6 rings (SSSR count). The molecule has 0 bridgehead atoms. The van der Waals surface area contributed by atoms with Gasteiger partial charge < -0.3 is 10.4 Å². The minimum absolute atomic E-state index is 0.401. The number of amides is 2. The Morgan fingerprint density at radius 3 is 2.56 bits per heavy atom. The number of rotatable bonds is 4. The first-order chi connectivity index (χ1) is 17.3. The van der Waals surface area contributed by atoms with E-state index in [0.29, 0.717) is 35.5 Å². The summed E-state index contributed by atoms with van der Waals surface area (Å²) in [5.74, 6) is -1.52. The summed E-state index contributed by atoms with van der Waals surface area (Å²) in [4.78, 5) is 13.2. The van der Waals surface area contributed by atoms with Crippen LogP contribution < -0.4 is 10.6 Å². The van der Waals surface area contributed by atoms with Gasteiger partial charge in [0.25, 0.3) is 0 Å².